The van der Waals surface area contributed by atoms with Crippen LogP contribution in [0.5, 0.6) is 0 Å². The summed E-state index contributed by atoms with van der Waals surface area (Å²) in [6.07, 6.45) is 5.01. The van der Waals surface area contributed by atoms with Crippen molar-refractivity contribution >= 4 is 23.2 Å². The quantitative estimate of drug-likeness (QED) is 0.750. The molecule has 0 radical (unpaired) electrons. The van der Waals surface area contributed by atoms with Crippen molar-refractivity contribution in [3.05, 3.63) is 21.9 Å². The second kappa shape index (κ2) is 8.93. The minimum absolute atomic E-state index is 0.141. The lowest BCUT2D eigenvalue weighted by atomic mass is 9.91. The molecule has 2 saturated heterocycles. The molecular weight excluding hydrogens is 372 g/mol. The molecule has 3 heterocycles. The van der Waals surface area contributed by atoms with Gasteiger partial charge in [0.2, 0.25) is 5.91 Å². The van der Waals surface area contributed by atoms with Gasteiger partial charge in [0.1, 0.15) is 0 Å². The topological polar surface area (TPSA) is 47.1 Å². The Balaban J connectivity index is 1.20. The van der Waals surface area contributed by atoms with Gasteiger partial charge in [-0.15, -0.1) is 11.3 Å². The Morgan fingerprint density at radius 2 is 1.64 bits per heavy atom. The van der Waals surface area contributed by atoms with Crippen molar-refractivity contribution in [1.82, 2.24) is 19.6 Å². The predicted molar refractivity (Wildman–Crippen MR) is 112 cm³/mol. The molecule has 0 aromatic carbocycles. The van der Waals surface area contributed by atoms with Crippen molar-refractivity contribution in [2.75, 3.05) is 58.9 Å². The summed E-state index contributed by atoms with van der Waals surface area (Å²) >= 11 is 1.60. The normalized spacial score (nSPS) is 22.3. The van der Waals surface area contributed by atoms with Crippen LogP contribution in [0.4, 0.5) is 0 Å². The number of aryl methyl sites for hydroxylation is 1. The maximum absolute atomic E-state index is 12.7. The molecule has 0 N–H and O–H groups in total. The average Bonchev–Trinajstić information content (AvgIpc) is 3.16. The summed E-state index contributed by atoms with van der Waals surface area (Å²) < 4.78 is 0. The summed E-state index contributed by atoms with van der Waals surface area (Å²) in [7, 11) is 0. The molecule has 28 heavy (non-hydrogen) atoms. The molecule has 0 unspecified atom stereocenters. The van der Waals surface area contributed by atoms with Crippen LogP contribution in [0.3, 0.4) is 0 Å². The monoisotopic (exact) mass is 404 g/mol. The van der Waals surface area contributed by atoms with Crippen LogP contribution in [0.25, 0.3) is 0 Å². The van der Waals surface area contributed by atoms with Gasteiger partial charge in [0.15, 0.2) is 0 Å². The van der Waals surface area contributed by atoms with Gasteiger partial charge in [-0.2, -0.15) is 0 Å². The number of carbonyl (C=O) groups is 2. The van der Waals surface area contributed by atoms with E-state index in [1.807, 2.05) is 15.9 Å². The molecule has 0 atom stereocenters. The summed E-state index contributed by atoms with van der Waals surface area (Å²) in [6.45, 7) is 9.38. The summed E-state index contributed by atoms with van der Waals surface area (Å²) in [5.41, 5.74) is 0. The van der Waals surface area contributed by atoms with Gasteiger partial charge in [-0.05, 0) is 31.4 Å². The van der Waals surface area contributed by atoms with Crippen LogP contribution < -0.4 is 0 Å². The summed E-state index contributed by atoms with van der Waals surface area (Å²) in [5.74, 6) is 0.390. The van der Waals surface area contributed by atoms with Crippen LogP contribution in [-0.2, 0) is 11.2 Å². The molecule has 1 aliphatic carbocycles. The standard InChI is InChI=1S/C21H32N4O2S/c1-2-18-6-7-19(28-18)21(27)25-10-8-22(9-11-25)16-20(26)24-14-12-23(13-15-24)17-4-3-5-17/h6-7,17H,2-5,8-16H2,1H3. The van der Waals surface area contributed by atoms with Crippen LogP contribution in [-0.4, -0.2) is 96.4 Å². The van der Waals surface area contributed by atoms with Gasteiger partial charge < -0.3 is 9.80 Å². The summed E-state index contributed by atoms with van der Waals surface area (Å²) in [6, 6.07) is 4.78. The van der Waals surface area contributed by atoms with Crippen LogP contribution in [0.1, 0.15) is 40.7 Å². The van der Waals surface area contributed by atoms with Gasteiger partial charge in [-0.25, -0.2) is 0 Å². The highest BCUT2D eigenvalue weighted by molar-refractivity contribution is 7.14. The van der Waals surface area contributed by atoms with E-state index in [-0.39, 0.29) is 11.8 Å². The first-order chi connectivity index (χ1) is 13.6. The first kappa shape index (κ1) is 19.9. The van der Waals surface area contributed by atoms with Crippen LogP contribution in [0.15, 0.2) is 12.1 Å². The third-order valence-corrected chi connectivity index (χ3v) is 7.71. The molecule has 6 nitrogen and oxygen atoms in total. The van der Waals surface area contributed by atoms with Crippen LogP contribution in [0.2, 0.25) is 0 Å². The van der Waals surface area contributed by atoms with Crippen LogP contribution >= 0.6 is 11.3 Å². The SMILES string of the molecule is CCc1ccc(C(=O)N2CCN(CC(=O)N3CCN(C4CCC4)CC3)CC2)s1. The molecular formula is C21H32N4O2S. The molecule has 0 spiro atoms. The molecule has 2 aliphatic heterocycles. The van der Waals surface area contributed by atoms with Crippen molar-refractivity contribution in [1.29, 1.82) is 0 Å². The number of rotatable bonds is 5. The van der Waals surface area contributed by atoms with Crippen molar-refractivity contribution in [2.45, 2.75) is 38.6 Å². The average molecular weight is 405 g/mol. The molecule has 3 fully saturated rings. The van der Waals surface area contributed by atoms with E-state index in [9.17, 15) is 9.59 Å². The fraction of sp³-hybridized carbons (Fsp3) is 0.714. The first-order valence-electron chi connectivity index (χ1n) is 10.8. The van der Waals surface area contributed by atoms with E-state index >= 15 is 0 Å². The number of hydrogen-bond acceptors (Lipinski definition) is 5. The second-order valence-electron chi connectivity index (χ2n) is 8.19. The van der Waals surface area contributed by atoms with Crippen molar-refractivity contribution in [3.8, 4) is 0 Å². The van der Waals surface area contributed by atoms with E-state index in [4.69, 9.17) is 0 Å². The zero-order chi connectivity index (χ0) is 19.5. The molecule has 154 valence electrons. The zero-order valence-electron chi connectivity index (χ0n) is 16.9. The molecule has 1 aromatic heterocycles. The molecule has 7 heteroatoms. The highest BCUT2D eigenvalue weighted by Gasteiger charge is 2.30. The lowest BCUT2D eigenvalue weighted by molar-refractivity contribution is -0.135. The maximum Gasteiger partial charge on any atom is 0.264 e. The highest BCUT2D eigenvalue weighted by Crippen LogP contribution is 2.25. The Labute approximate surface area is 172 Å². The van der Waals surface area contributed by atoms with E-state index in [2.05, 4.69) is 22.8 Å². The fourth-order valence-corrected chi connectivity index (χ4v) is 5.24. The largest absolute Gasteiger partial charge is 0.339 e. The molecule has 1 aromatic rings. The van der Waals surface area contributed by atoms with E-state index in [0.717, 1.165) is 56.6 Å². The van der Waals surface area contributed by atoms with Gasteiger partial charge in [-0.3, -0.25) is 19.4 Å². The lowest BCUT2D eigenvalue weighted by Crippen LogP contribution is -2.56. The van der Waals surface area contributed by atoms with Gasteiger partial charge in [-0.1, -0.05) is 13.3 Å². The Morgan fingerprint density at radius 3 is 2.21 bits per heavy atom. The molecule has 2 amide bonds. The molecule has 1 saturated carbocycles. The Kier molecular flexibility index (Phi) is 6.33. The first-order valence-corrected chi connectivity index (χ1v) is 11.6. The van der Waals surface area contributed by atoms with Crippen molar-refractivity contribution < 1.29 is 9.59 Å². The Morgan fingerprint density at radius 1 is 0.964 bits per heavy atom. The highest BCUT2D eigenvalue weighted by atomic mass is 32.1. The summed E-state index contributed by atoms with van der Waals surface area (Å²) in [4.78, 5) is 36.2. The summed E-state index contributed by atoms with van der Waals surface area (Å²) in [5, 5.41) is 0. The third-order valence-electron chi connectivity index (χ3n) is 6.50. The number of hydrogen-bond donors (Lipinski definition) is 0. The molecule has 4 rings (SSSR count). The number of carbonyl (C=O) groups excluding carboxylic acids is 2. The minimum Gasteiger partial charge on any atom is -0.339 e. The van der Waals surface area contributed by atoms with E-state index in [1.54, 1.807) is 11.3 Å². The minimum atomic E-state index is 0.141. The fourth-order valence-electron chi connectivity index (χ4n) is 4.33. The zero-order valence-corrected chi connectivity index (χ0v) is 17.8. The van der Waals surface area contributed by atoms with E-state index in [1.165, 1.54) is 24.1 Å². The number of piperazine rings is 2. The van der Waals surface area contributed by atoms with Gasteiger partial charge in [0, 0.05) is 63.3 Å². The third kappa shape index (κ3) is 4.42. The Hall–Kier alpha value is -1.44. The molecule has 0 bridgehead atoms. The molecule has 3 aliphatic rings. The van der Waals surface area contributed by atoms with Gasteiger partial charge >= 0.3 is 0 Å². The number of nitrogens with zero attached hydrogens (tertiary/aromatic N) is 4. The van der Waals surface area contributed by atoms with Crippen LogP contribution in [0, 0.1) is 0 Å². The number of thiophene rings is 1. The second-order valence-corrected chi connectivity index (χ2v) is 9.36. The number of amides is 2. The van der Waals surface area contributed by atoms with E-state index < -0.39 is 0 Å². The lowest BCUT2D eigenvalue weighted by Gasteiger charge is -2.43. The van der Waals surface area contributed by atoms with Gasteiger partial charge in [0.25, 0.3) is 5.91 Å². The van der Waals surface area contributed by atoms with Gasteiger partial charge in [0.05, 0.1) is 11.4 Å². The smallest absolute Gasteiger partial charge is 0.264 e. The maximum atomic E-state index is 12.7. The van der Waals surface area contributed by atoms with Crippen molar-refractivity contribution in [3.63, 3.8) is 0 Å². The predicted octanol–water partition coefficient (Wildman–Crippen LogP) is 1.76. The van der Waals surface area contributed by atoms with Crippen molar-refractivity contribution in [2.24, 2.45) is 0 Å². The van der Waals surface area contributed by atoms with E-state index in [0.29, 0.717) is 19.6 Å². The Bertz CT molecular complexity index is 686.